The number of nitrogens with zero attached hydrogens (tertiary/aromatic N) is 2. The van der Waals surface area contributed by atoms with Crippen LogP contribution < -0.4 is 0 Å². The summed E-state index contributed by atoms with van der Waals surface area (Å²) >= 11 is 1.86. The quantitative estimate of drug-likeness (QED) is 0.290. The molecule has 0 N–H and O–H groups in total. The fourth-order valence-corrected chi connectivity index (χ4v) is 5.45. The predicted octanol–water partition coefficient (Wildman–Crippen LogP) is 7.20. The minimum absolute atomic E-state index is 0.897. The molecule has 4 heteroatoms. The lowest BCUT2D eigenvalue weighted by atomic mass is 10.0. The van der Waals surface area contributed by atoms with Gasteiger partial charge in [-0.2, -0.15) is 0 Å². The summed E-state index contributed by atoms with van der Waals surface area (Å²) in [6.07, 6.45) is 0. The topological polar surface area (TPSA) is 31.0 Å². The van der Waals surface area contributed by atoms with Crippen LogP contribution in [0.1, 0.15) is 5.82 Å². The van der Waals surface area contributed by atoms with Crippen LogP contribution in [0.5, 0.6) is 0 Å². The molecule has 7 rings (SSSR count). The first-order valence-corrected chi connectivity index (χ1v) is 11.0. The largest absolute Gasteiger partial charge is 0.456 e. The maximum atomic E-state index is 5.98. The third kappa shape index (κ3) is 2.25. The highest BCUT2D eigenvalue weighted by Gasteiger charge is 2.20. The summed E-state index contributed by atoms with van der Waals surface area (Å²) in [5.74, 6) is 2.01. The zero-order chi connectivity index (χ0) is 19.7. The Morgan fingerprint density at radius 2 is 1.57 bits per heavy atom. The van der Waals surface area contributed by atoms with Gasteiger partial charge in [0.1, 0.15) is 17.0 Å². The Bertz CT molecular complexity index is 1610. The molecule has 0 aliphatic carbocycles. The highest BCUT2D eigenvalue weighted by molar-refractivity contribution is 7.98. The van der Waals surface area contributed by atoms with E-state index in [9.17, 15) is 0 Å². The Morgan fingerprint density at radius 1 is 0.767 bits per heavy atom. The van der Waals surface area contributed by atoms with Gasteiger partial charge in [-0.1, -0.05) is 42.5 Å². The molecule has 4 aromatic carbocycles. The summed E-state index contributed by atoms with van der Waals surface area (Å²) < 4.78 is 8.29. The standard InChI is InChI=1S/C26H16N2OS/c1-3-7-23-18(5-1)19-13-16(10-12-24(19)29-23)17-9-11-21-20(14-17)27-26-15-30-25-8-4-2-6-22(25)28(21)26/h1-14H,15H2. The molecule has 30 heavy (non-hydrogen) atoms. The molecule has 6 aromatic rings. The van der Waals surface area contributed by atoms with Crippen molar-refractivity contribution in [3.63, 3.8) is 0 Å². The lowest BCUT2D eigenvalue weighted by Crippen LogP contribution is -2.05. The number of thioether (sulfide) groups is 1. The molecule has 0 atom stereocenters. The molecule has 3 heterocycles. The highest BCUT2D eigenvalue weighted by atomic mass is 32.2. The normalized spacial score (nSPS) is 13.1. The molecule has 0 spiro atoms. The molecule has 0 saturated heterocycles. The fraction of sp³-hybridized carbons (Fsp3) is 0.0385. The van der Waals surface area contributed by atoms with Crippen LogP contribution in [0.25, 0.3) is 49.8 Å². The van der Waals surface area contributed by atoms with Crippen LogP contribution in [0.2, 0.25) is 0 Å². The number of rotatable bonds is 1. The number of furan rings is 1. The molecule has 0 amide bonds. The van der Waals surface area contributed by atoms with E-state index in [4.69, 9.17) is 9.40 Å². The van der Waals surface area contributed by atoms with Crippen LogP contribution in [0.3, 0.4) is 0 Å². The van der Waals surface area contributed by atoms with E-state index in [1.165, 1.54) is 21.7 Å². The predicted molar refractivity (Wildman–Crippen MR) is 123 cm³/mol. The smallest absolute Gasteiger partial charge is 0.135 e. The van der Waals surface area contributed by atoms with Gasteiger partial charge in [0.05, 0.1) is 22.5 Å². The second-order valence-corrected chi connectivity index (χ2v) is 8.65. The average molecular weight is 404 g/mol. The molecule has 2 aromatic heterocycles. The number of hydrogen-bond donors (Lipinski definition) is 0. The Morgan fingerprint density at radius 3 is 2.57 bits per heavy atom. The molecule has 0 bridgehead atoms. The van der Waals surface area contributed by atoms with Gasteiger partial charge in [0.15, 0.2) is 0 Å². The van der Waals surface area contributed by atoms with Crippen LogP contribution in [0.4, 0.5) is 0 Å². The lowest BCUT2D eigenvalue weighted by Gasteiger charge is -2.18. The zero-order valence-corrected chi connectivity index (χ0v) is 16.8. The molecule has 0 radical (unpaired) electrons. The van der Waals surface area contributed by atoms with E-state index >= 15 is 0 Å². The van der Waals surface area contributed by atoms with Crippen molar-refractivity contribution in [3.8, 4) is 16.8 Å². The number of benzene rings is 4. The molecular formula is C26H16N2OS. The first-order valence-electron chi connectivity index (χ1n) is 10.0. The number of imidazole rings is 1. The van der Waals surface area contributed by atoms with Gasteiger partial charge in [-0.25, -0.2) is 4.98 Å². The van der Waals surface area contributed by atoms with Crippen molar-refractivity contribution >= 4 is 44.7 Å². The molecule has 142 valence electrons. The van der Waals surface area contributed by atoms with Crippen molar-refractivity contribution in [2.24, 2.45) is 0 Å². The minimum Gasteiger partial charge on any atom is -0.456 e. The Hall–Kier alpha value is -3.50. The second kappa shape index (κ2) is 6.00. The number of hydrogen-bond acceptors (Lipinski definition) is 3. The van der Waals surface area contributed by atoms with Crippen molar-refractivity contribution in [1.82, 2.24) is 9.55 Å². The van der Waals surface area contributed by atoms with Crippen LogP contribution in [0, 0.1) is 0 Å². The van der Waals surface area contributed by atoms with Crippen LogP contribution >= 0.6 is 11.8 Å². The summed E-state index contributed by atoms with van der Waals surface area (Å²) in [4.78, 5) is 6.27. The lowest BCUT2D eigenvalue weighted by molar-refractivity contribution is 0.669. The van der Waals surface area contributed by atoms with E-state index < -0.39 is 0 Å². The van der Waals surface area contributed by atoms with E-state index in [1.807, 2.05) is 23.9 Å². The summed E-state index contributed by atoms with van der Waals surface area (Å²) in [5.41, 5.74) is 7.63. The molecule has 0 saturated carbocycles. The fourth-order valence-electron chi connectivity index (χ4n) is 4.49. The number of para-hydroxylation sites is 2. The van der Waals surface area contributed by atoms with Gasteiger partial charge in [-0.15, -0.1) is 11.8 Å². The molecular weight excluding hydrogens is 388 g/mol. The number of fused-ring (bicyclic) bond motifs is 8. The van der Waals surface area contributed by atoms with Gasteiger partial charge in [0, 0.05) is 15.7 Å². The molecule has 1 aliphatic heterocycles. The number of aromatic nitrogens is 2. The van der Waals surface area contributed by atoms with E-state index in [0.29, 0.717) is 0 Å². The van der Waals surface area contributed by atoms with E-state index in [0.717, 1.165) is 44.5 Å². The molecule has 1 aliphatic rings. The van der Waals surface area contributed by atoms with Crippen molar-refractivity contribution in [3.05, 3.63) is 90.8 Å². The van der Waals surface area contributed by atoms with E-state index in [-0.39, 0.29) is 0 Å². The van der Waals surface area contributed by atoms with Crippen molar-refractivity contribution < 1.29 is 4.42 Å². The minimum atomic E-state index is 0.897. The second-order valence-electron chi connectivity index (χ2n) is 7.63. The molecule has 3 nitrogen and oxygen atoms in total. The van der Waals surface area contributed by atoms with Crippen LogP contribution in [-0.2, 0) is 5.75 Å². The maximum Gasteiger partial charge on any atom is 0.135 e. The first-order chi connectivity index (χ1) is 14.8. The van der Waals surface area contributed by atoms with Gasteiger partial charge in [-0.05, 0) is 53.6 Å². The summed E-state index contributed by atoms with van der Waals surface area (Å²) in [6, 6.07) is 29.8. The van der Waals surface area contributed by atoms with Gasteiger partial charge in [0.2, 0.25) is 0 Å². The summed E-state index contributed by atoms with van der Waals surface area (Å²) in [6.45, 7) is 0. The van der Waals surface area contributed by atoms with Crippen molar-refractivity contribution in [2.45, 2.75) is 10.6 Å². The van der Waals surface area contributed by atoms with Gasteiger partial charge in [-0.3, -0.25) is 4.57 Å². The Labute approximate surface area is 177 Å². The van der Waals surface area contributed by atoms with Gasteiger partial charge >= 0.3 is 0 Å². The monoisotopic (exact) mass is 404 g/mol. The van der Waals surface area contributed by atoms with Gasteiger partial charge in [0.25, 0.3) is 0 Å². The summed E-state index contributed by atoms with van der Waals surface area (Å²) in [5, 5.41) is 2.30. The average Bonchev–Trinajstić information content (AvgIpc) is 3.36. The van der Waals surface area contributed by atoms with Gasteiger partial charge < -0.3 is 4.42 Å². The molecule has 0 unspecified atom stereocenters. The Kier molecular flexibility index (Phi) is 3.26. The maximum absolute atomic E-state index is 5.98. The SMILES string of the molecule is c1ccc2c(c1)SCc1nc3cc(-c4ccc5oc6ccccc6c5c4)ccc3n1-2. The van der Waals surface area contributed by atoms with E-state index in [1.54, 1.807) is 0 Å². The van der Waals surface area contributed by atoms with Crippen molar-refractivity contribution in [2.75, 3.05) is 0 Å². The Balaban J connectivity index is 1.41. The third-order valence-corrected chi connectivity index (χ3v) is 6.96. The first kappa shape index (κ1) is 16.3. The van der Waals surface area contributed by atoms with E-state index in [2.05, 4.69) is 77.4 Å². The van der Waals surface area contributed by atoms with Crippen LogP contribution in [0.15, 0.2) is 94.2 Å². The highest BCUT2D eigenvalue weighted by Crippen LogP contribution is 2.38. The molecule has 0 fully saturated rings. The van der Waals surface area contributed by atoms with Crippen LogP contribution in [-0.4, -0.2) is 9.55 Å². The summed E-state index contributed by atoms with van der Waals surface area (Å²) in [7, 11) is 0. The third-order valence-electron chi connectivity index (χ3n) is 5.90. The zero-order valence-electron chi connectivity index (χ0n) is 16.0. The van der Waals surface area contributed by atoms with Crippen molar-refractivity contribution in [1.29, 1.82) is 0 Å².